The second-order valence-electron chi connectivity index (χ2n) is 4.13. The fourth-order valence-electron chi connectivity index (χ4n) is 2.02. The summed E-state index contributed by atoms with van der Waals surface area (Å²) in [7, 11) is 1.92. The van der Waals surface area contributed by atoms with Crippen LogP contribution < -0.4 is 0 Å². The highest BCUT2D eigenvalue weighted by molar-refractivity contribution is 6.31. The van der Waals surface area contributed by atoms with Gasteiger partial charge in [0.15, 0.2) is 0 Å². The molecule has 0 radical (unpaired) electrons. The van der Waals surface area contributed by atoms with Crippen LogP contribution in [0.4, 0.5) is 0 Å². The maximum absolute atomic E-state index is 6.02. The van der Waals surface area contributed by atoms with Crippen molar-refractivity contribution in [2.75, 3.05) is 0 Å². The molecular formula is C13H12ClN3. The molecule has 2 heterocycles. The van der Waals surface area contributed by atoms with Crippen LogP contribution in [0.1, 0.15) is 5.69 Å². The summed E-state index contributed by atoms with van der Waals surface area (Å²) in [5.74, 6) is 0. The molecule has 0 aliphatic heterocycles. The molecule has 3 rings (SSSR count). The van der Waals surface area contributed by atoms with Crippen LogP contribution in [-0.4, -0.2) is 14.3 Å². The molecule has 1 aromatic carbocycles. The number of rotatable bonds is 2. The molecular weight excluding hydrogens is 234 g/mol. The van der Waals surface area contributed by atoms with Crippen molar-refractivity contribution < 1.29 is 0 Å². The van der Waals surface area contributed by atoms with E-state index in [-0.39, 0.29) is 0 Å². The van der Waals surface area contributed by atoms with Crippen molar-refractivity contribution in [3.05, 3.63) is 53.4 Å². The fourth-order valence-corrected chi connectivity index (χ4v) is 2.18. The molecule has 17 heavy (non-hydrogen) atoms. The molecule has 3 nitrogen and oxygen atoms in total. The van der Waals surface area contributed by atoms with Crippen molar-refractivity contribution in [1.82, 2.24) is 14.3 Å². The highest BCUT2D eigenvalue weighted by Gasteiger charge is 2.04. The Bertz CT molecular complexity index is 666. The minimum atomic E-state index is 0.762. The van der Waals surface area contributed by atoms with Gasteiger partial charge in [-0.25, -0.2) is 0 Å². The summed E-state index contributed by atoms with van der Waals surface area (Å²) in [5, 5.41) is 6.34. The molecule has 0 amide bonds. The molecule has 3 aromatic rings. The van der Waals surface area contributed by atoms with Gasteiger partial charge in [0.1, 0.15) is 0 Å². The Morgan fingerprint density at radius 2 is 2.06 bits per heavy atom. The lowest BCUT2D eigenvalue weighted by Gasteiger charge is -2.03. The number of aromatic nitrogens is 3. The van der Waals surface area contributed by atoms with Crippen molar-refractivity contribution in [3.63, 3.8) is 0 Å². The topological polar surface area (TPSA) is 22.8 Å². The van der Waals surface area contributed by atoms with E-state index in [1.54, 1.807) is 0 Å². The zero-order chi connectivity index (χ0) is 11.8. The first-order chi connectivity index (χ1) is 8.22. The molecule has 0 saturated heterocycles. The maximum atomic E-state index is 6.02. The van der Waals surface area contributed by atoms with Gasteiger partial charge in [-0.3, -0.25) is 4.68 Å². The number of hydrogen-bond acceptors (Lipinski definition) is 1. The highest BCUT2D eigenvalue weighted by atomic mass is 35.5. The van der Waals surface area contributed by atoms with E-state index in [0.29, 0.717) is 0 Å². The number of halogens is 1. The lowest BCUT2D eigenvalue weighted by molar-refractivity contribution is 0.716. The van der Waals surface area contributed by atoms with E-state index in [1.165, 1.54) is 5.39 Å². The van der Waals surface area contributed by atoms with E-state index in [0.717, 1.165) is 22.8 Å². The third-order valence-corrected chi connectivity index (χ3v) is 3.07. The van der Waals surface area contributed by atoms with Crippen LogP contribution in [0.3, 0.4) is 0 Å². The zero-order valence-corrected chi connectivity index (χ0v) is 10.2. The molecule has 0 fully saturated rings. The van der Waals surface area contributed by atoms with Gasteiger partial charge in [-0.2, -0.15) is 5.10 Å². The summed E-state index contributed by atoms with van der Waals surface area (Å²) in [5.41, 5.74) is 2.19. The van der Waals surface area contributed by atoms with E-state index >= 15 is 0 Å². The lowest BCUT2D eigenvalue weighted by atomic mass is 10.2. The molecule has 0 aliphatic carbocycles. The summed E-state index contributed by atoms with van der Waals surface area (Å²) < 4.78 is 3.97. The van der Waals surface area contributed by atoms with Crippen molar-refractivity contribution in [3.8, 4) is 0 Å². The van der Waals surface area contributed by atoms with Gasteiger partial charge in [-0.15, -0.1) is 0 Å². The van der Waals surface area contributed by atoms with Crippen LogP contribution in [-0.2, 0) is 13.6 Å². The first kappa shape index (κ1) is 10.4. The van der Waals surface area contributed by atoms with Crippen molar-refractivity contribution in [2.45, 2.75) is 6.54 Å². The van der Waals surface area contributed by atoms with E-state index in [2.05, 4.69) is 21.9 Å². The van der Waals surface area contributed by atoms with Crippen molar-refractivity contribution in [1.29, 1.82) is 0 Å². The molecule has 0 unspecified atom stereocenters. The Kier molecular flexibility index (Phi) is 2.41. The summed E-state index contributed by atoms with van der Waals surface area (Å²) in [6.45, 7) is 0.769. The molecule has 0 bridgehead atoms. The molecule has 0 atom stereocenters. The van der Waals surface area contributed by atoms with Gasteiger partial charge in [0, 0.05) is 30.0 Å². The molecule has 2 aromatic heterocycles. The van der Waals surface area contributed by atoms with E-state index in [4.69, 9.17) is 11.6 Å². The van der Waals surface area contributed by atoms with Crippen LogP contribution in [0.2, 0.25) is 5.02 Å². The van der Waals surface area contributed by atoms with Crippen LogP contribution >= 0.6 is 11.6 Å². The predicted molar refractivity (Wildman–Crippen MR) is 69.3 cm³/mol. The fraction of sp³-hybridized carbons (Fsp3) is 0.154. The van der Waals surface area contributed by atoms with Gasteiger partial charge in [-0.05, 0) is 29.7 Å². The first-order valence-corrected chi connectivity index (χ1v) is 5.83. The average Bonchev–Trinajstić information content (AvgIpc) is 2.87. The molecule has 4 heteroatoms. The van der Waals surface area contributed by atoms with Crippen LogP contribution in [0, 0.1) is 0 Å². The van der Waals surface area contributed by atoms with Crippen LogP contribution in [0.15, 0.2) is 42.7 Å². The number of fused-ring (bicyclic) bond motifs is 1. The Labute approximate surface area is 104 Å². The van der Waals surface area contributed by atoms with Crippen LogP contribution in [0.25, 0.3) is 10.9 Å². The predicted octanol–water partition coefficient (Wildman–Crippen LogP) is 3.08. The molecule has 0 spiro atoms. The zero-order valence-electron chi connectivity index (χ0n) is 9.47. The average molecular weight is 246 g/mol. The van der Waals surface area contributed by atoms with E-state index in [1.807, 2.05) is 42.2 Å². The Balaban J connectivity index is 2.03. The van der Waals surface area contributed by atoms with Crippen molar-refractivity contribution >= 4 is 22.5 Å². The minimum Gasteiger partial charge on any atom is -0.341 e. The van der Waals surface area contributed by atoms with Gasteiger partial charge in [-0.1, -0.05) is 17.7 Å². The molecule has 0 aliphatic rings. The summed E-state index contributed by atoms with van der Waals surface area (Å²) in [6, 6.07) is 10.0. The van der Waals surface area contributed by atoms with Gasteiger partial charge in [0.05, 0.1) is 12.2 Å². The Morgan fingerprint density at radius 3 is 2.82 bits per heavy atom. The largest absolute Gasteiger partial charge is 0.341 e. The first-order valence-electron chi connectivity index (χ1n) is 5.45. The SMILES string of the molecule is Cn1ccc(Cn2ccc3ccc(Cl)cc32)n1. The number of nitrogens with zero attached hydrogens (tertiary/aromatic N) is 3. The molecule has 86 valence electrons. The lowest BCUT2D eigenvalue weighted by Crippen LogP contribution is -1.99. The summed E-state index contributed by atoms with van der Waals surface area (Å²) in [6.07, 6.45) is 4.02. The number of aryl methyl sites for hydroxylation is 1. The second kappa shape index (κ2) is 3.93. The molecule has 0 saturated carbocycles. The quantitative estimate of drug-likeness (QED) is 0.680. The van der Waals surface area contributed by atoms with Gasteiger partial charge < -0.3 is 4.57 Å². The van der Waals surface area contributed by atoms with E-state index < -0.39 is 0 Å². The van der Waals surface area contributed by atoms with Crippen LogP contribution in [0.5, 0.6) is 0 Å². The third kappa shape index (κ3) is 1.94. The normalized spacial score (nSPS) is 11.2. The van der Waals surface area contributed by atoms with E-state index in [9.17, 15) is 0 Å². The minimum absolute atomic E-state index is 0.762. The second-order valence-corrected chi connectivity index (χ2v) is 4.56. The number of hydrogen-bond donors (Lipinski definition) is 0. The standard InChI is InChI=1S/C13H12ClN3/c1-16-6-5-12(15-16)9-17-7-4-10-2-3-11(14)8-13(10)17/h2-8H,9H2,1H3. The summed E-state index contributed by atoms with van der Waals surface area (Å²) >= 11 is 6.02. The van der Waals surface area contributed by atoms with Gasteiger partial charge >= 0.3 is 0 Å². The van der Waals surface area contributed by atoms with Gasteiger partial charge in [0.2, 0.25) is 0 Å². The third-order valence-electron chi connectivity index (χ3n) is 2.84. The highest BCUT2D eigenvalue weighted by Crippen LogP contribution is 2.21. The molecule has 0 N–H and O–H groups in total. The Morgan fingerprint density at radius 1 is 1.18 bits per heavy atom. The van der Waals surface area contributed by atoms with Crippen molar-refractivity contribution in [2.24, 2.45) is 7.05 Å². The maximum Gasteiger partial charge on any atom is 0.0821 e. The number of benzene rings is 1. The Hall–Kier alpha value is -1.74. The smallest absolute Gasteiger partial charge is 0.0821 e. The van der Waals surface area contributed by atoms with Gasteiger partial charge in [0.25, 0.3) is 0 Å². The monoisotopic (exact) mass is 245 g/mol. The summed E-state index contributed by atoms with van der Waals surface area (Å²) in [4.78, 5) is 0.